The number of hydrogen-bond donors (Lipinski definition) is 2. The number of fused-ring (bicyclic) bond motifs is 1. The van der Waals surface area contributed by atoms with E-state index in [2.05, 4.69) is 15.3 Å². The van der Waals surface area contributed by atoms with E-state index in [1.54, 1.807) is 13.0 Å². The molecule has 192 valence electrons. The summed E-state index contributed by atoms with van der Waals surface area (Å²) in [5, 5.41) is 15.4. The Labute approximate surface area is 223 Å². The topological polar surface area (TPSA) is 95.4 Å². The molecule has 0 radical (unpaired) electrons. The number of aryl methyl sites for hydroxylation is 1. The first-order valence-corrected chi connectivity index (χ1v) is 12.8. The number of benzene rings is 1. The molecule has 10 heteroatoms. The second-order valence-electron chi connectivity index (χ2n) is 9.63. The van der Waals surface area contributed by atoms with Crippen LogP contribution in [0.3, 0.4) is 0 Å². The Hall–Kier alpha value is -3.07. The molecule has 1 unspecified atom stereocenters. The van der Waals surface area contributed by atoms with Crippen LogP contribution in [-0.4, -0.2) is 39.5 Å². The van der Waals surface area contributed by atoms with E-state index in [0.717, 1.165) is 25.7 Å². The molecular weight excluding hydrogens is 518 g/mol. The smallest absolute Gasteiger partial charge is 0.270 e. The summed E-state index contributed by atoms with van der Waals surface area (Å²) in [4.78, 5) is 36.2. The van der Waals surface area contributed by atoms with Gasteiger partial charge in [0, 0.05) is 30.5 Å². The normalized spacial score (nSPS) is 23.2. The number of carbonyl (C=O) groups is 2. The van der Waals surface area contributed by atoms with Crippen LogP contribution in [0.2, 0.25) is 10.0 Å². The van der Waals surface area contributed by atoms with E-state index in [4.69, 9.17) is 23.2 Å². The lowest BCUT2D eigenvalue weighted by molar-refractivity contribution is -0.132. The molecule has 2 aliphatic rings. The highest BCUT2D eigenvalue weighted by Gasteiger charge is 2.52. The molecule has 1 aliphatic heterocycles. The molecule has 0 spiro atoms. The van der Waals surface area contributed by atoms with E-state index in [9.17, 15) is 19.1 Å². The van der Waals surface area contributed by atoms with Gasteiger partial charge in [-0.05, 0) is 74.9 Å². The van der Waals surface area contributed by atoms with Crippen LogP contribution in [0, 0.1) is 18.7 Å². The highest BCUT2D eigenvalue weighted by molar-refractivity contribution is 6.31. The molecule has 0 bridgehead atoms. The van der Waals surface area contributed by atoms with Crippen molar-refractivity contribution in [2.45, 2.75) is 44.2 Å². The third kappa shape index (κ3) is 4.81. The van der Waals surface area contributed by atoms with Gasteiger partial charge in [-0.1, -0.05) is 23.2 Å². The SMILES string of the molecule is Cc1ncc(Cl)cc1C(=O)NC1CCC(CN2C(=O)C(O)(c3ccc(Cl)cn3)c3cc(F)ccc32)CC1. The van der Waals surface area contributed by atoms with E-state index in [0.29, 0.717) is 33.5 Å². The number of aliphatic hydroxyl groups is 1. The van der Waals surface area contributed by atoms with Gasteiger partial charge in [0.2, 0.25) is 5.60 Å². The summed E-state index contributed by atoms with van der Waals surface area (Å²) >= 11 is 11.9. The summed E-state index contributed by atoms with van der Waals surface area (Å²) in [6.45, 7) is 2.13. The zero-order valence-electron chi connectivity index (χ0n) is 20.0. The minimum Gasteiger partial charge on any atom is -0.370 e. The molecule has 2 aromatic heterocycles. The van der Waals surface area contributed by atoms with Gasteiger partial charge in [-0.3, -0.25) is 19.6 Å². The van der Waals surface area contributed by atoms with Crippen molar-refractivity contribution < 1.29 is 19.1 Å². The third-order valence-electron chi connectivity index (χ3n) is 7.21. The average molecular weight is 543 g/mol. The van der Waals surface area contributed by atoms with Crippen molar-refractivity contribution in [1.82, 2.24) is 15.3 Å². The van der Waals surface area contributed by atoms with Crippen LogP contribution < -0.4 is 10.2 Å². The number of nitrogens with zero attached hydrogens (tertiary/aromatic N) is 3. The minimum absolute atomic E-state index is 0.00649. The number of amides is 2. The van der Waals surface area contributed by atoms with E-state index in [1.807, 2.05) is 0 Å². The highest BCUT2D eigenvalue weighted by Crippen LogP contribution is 2.45. The Morgan fingerprint density at radius 2 is 1.84 bits per heavy atom. The van der Waals surface area contributed by atoms with Crippen LogP contribution in [0.25, 0.3) is 0 Å². The first-order chi connectivity index (χ1) is 17.7. The Morgan fingerprint density at radius 1 is 1.11 bits per heavy atom. The number of carbonyl (C=O) groups excluding carboxylic acids is 2. The fourth-order valence-corrected chi connectivity index (χ4v) is 5.49. The molecule has 5 rings (SSSR count). The van der Waals surface area contributed by atoms with E-state index >= 15 is 0 Å². The largest absolute Gasteiger partial charge is 0.370 e. The summed E-state index contributed by atoms with van der Waals surface area (Å²) in [5.41, 5.74) is -0.315. The molecule has 1 fully saturated rings. The van der Waals surface area contributed by atoms with Crippen molar-refractivity contribution in [3.8, 4) is 0 Å². The van der Waals surface area contributed by atoms with Gasteiger partial charge in [0.15, 0.2) is 0 Å². The molecule has 1 aromatic carbocycles. The van der Waals surface area contributed by atoms with Crippen LogP contribution >= 0.6 is 23.2 Å². The molecule has 0 saturated heterocycles. The Morgan fingerprint density at radius 3 is 2.54 bits per heavy atom. The molecule has 2 amide bonds. The van der Waals surface area contributed by atoms with Crippen molar-refractivity contribution in [3.63, 3.8) is 0 Å². The molecule has 37 heavy (non-hydrogen) atoms. The summed E-state index contributed by atoms with van der Waals surface area (Å²) in [7, 11) is 0. The monoisotopic (exact) mass is 542 g/mol. The van der Waals surface area contributed by atoms with Gasteiger partial charge in [0.05, 0.1) is 32.7 Å². The summed E-state index contributed by atoms with van der Waals surface area (Å²) in [6.07, 6.45) is 5.89. The first kappa shape index (κ1) is 25.6. The highest BCUT2D eigenvalue weighted by atomic mass is 35.5. The second-order valence-corrected chi connectivity index (χ2v) is 10.5. The van der Waals surface area contributed by atoms with Crippen molar-refractivity contribution >= 4 is 40.7 Å². The Bertz CT molecular complexity index is 1360. The van der Waals surface area contributed by atoms with Crippen molar-refractivity contribution in [2.75, 3.05) is 11.4 Å². The fourth-order valence-electron chi connectivity index (χ4n) is 5.22. The fraction of sp³-hybridized carbons (Fsp3) is 0.333. The quantitative estimate of drug-likeness (QED) is 0.482. The number of rotatable bonds is 5. The molecule has 7 nitrogen and oxygen atoms in total. The second kappa shape index (κ2) is 10.0. The van der Waals surface area contributed by atoms with Gasteiger partial charge in [-0.25, -0.2) is 4.39 Å². The standard InChI is InChI=1S/C27H25Cl2FN4O3/c1-15-21(10-18(29)13-31-15)25(35)33-20-6-2-16(3-7-20)14-34-23-8-5-19(30)11-22(23)27(37,26(34)36)24-9-4-17(28)12-32-24/h4-5,8-13,16,20,37H,2-3,6-7,14H2,1H3,(H,33,35). The Balaban J connectivity index is 1.29. The zero-order chi connectivity index (χ0) is 26.3. The zero-order valence-corrected chi connectivity index (χ0v) is 21.6. The lowest BCUT2D eigenvalue weighted by Crippen LogP contribution is -2.45. The van der Waals surface area contributed by atoms with Crippen LogP contribution in [-0.2, 0) is 10.4 Å². The first-order valence-electron chi connectivity index (χ1n) is 12.1. The maximum absolute atomic E-state index is 14.2. The summed E-state index contributed by atoms with van der Waals surface area (Å²) in [5.74, 6) is -1.18. The Kier molecular flexibility index (Phi) is 6.91. The maximum Gasteiger partial charge on any atom is 0.270 e. The number of halogens is 3. The number of anilines is 1. The number of nitrogens with one attached hydrogen (secondary N) is 1. The van der Waals surface area contributed by atoms with Crippen molar-refractivity contribution in [2.24, 2.45) is 5.92 Å². The van der Waals surface area contributed by atoms with E-state index < -0.39 is 17.3 Å². The van der Waals surface area contributed by atoms with Gasteiger partial charge in [0.1, 0.15) is 5.82 Å². The third-order valence-corrected chi connectivity index (χ3v) is 7.64. The van der Waals surface area contributed by atoms with Crippen LogP contribution in [0.4, 0.5) is 10.1 Å². The van der Waals surface area contributed by atoms with Crippen LogP contribution in [0.15, 0.2) is 48.8 Å². The van der Waals surface area contributed by atoms with Gasteiger partial charge < -0.3 is 15.3 Å². The minimum atomic E-state index is -2.10. The molecule has 1 saturated carbocycles. The average Bonchev–Trinajstić information content (AvgIpc) is 3.09. The van der Waals surface area contributed by atoms with Gasteiger partial charge >= 0.3 is 0 Å². The van der Waals surface area contributed by atoms with Gasteiger partial charge in [-0.15, -0.1) is 0 Å². The molecule has 2 N–H and O–H groups in total. The van der Waals surface area contributed by atoms with Crippen LogP contribution in [0.1, 0.15) is 53.0 Å². The summed E-state index contributed by atoms with van der Waals surface area (Å²) in [6, 6.07) is 8.59. The maximum atomic E-state index is 14.2. The molecule has 1 atom stereocenters. The number of pyridine rings is 2. The van der Waals surface area contributed by atoms with E-state index in [1.165, 1.54) is 47.6 Å². The van der Waals surface area contributed by atoms with E-state index in [-0.39, 0.29) is 29.1 Å². The summed E-state index contributed by atoms with van der Waals surface area (Å²) < 4.78 is 14.2. The predicted molar refractivity (Wildman–Crippen MR) is 138 cm³/mol. The molecular formula is C27H25Cl2FN4O3. The van der Waals surface area contributed by atoms with Crippen LogP contribution in [0.5, 0.6) is 0 Å². The van der Waals surface area contributed by atoms with Gasteiger partial charge in [0.25, 0.3) is 11.8 Å². The molecule has 3 aromatic rings. The predicted octanol–water partition coefficient (Wildman–Crippen LogP) is 4.80. The molecule has 3 heterocycles. The van der Waals surface area contributed by atoms with Crippen molar-refractivity contribution in [3.05, 3.63) is 87.2 Å². The number of aromatic nitrogens is 2. The number of hydrogen-bond acceptors (Lipinski definition) is 5. The lowest BCUT2D eigenvalue weighted by atomic mass is 9.85. The molecule has 1 aliphatic carbocycles. The van der Waals surface area contributed by atoms with Crippen molar-refractivity contribution in [1.29, 1.82) is 0 Å². The lowest BCUT2D eigenvalue weighted by Gasteiger charge is -2.32. The van der Waals surface area contributed by atoms with Gasteiger partial charge in [-0.2, -0.15) is 0 Å².